The molecule has 2 heterocycles. The van der Waals surface area contributed by atoms with Crippen molar-refractivity contribution in [3.8, 4) is 10.9 Å². The van der Waals surface area contributed by atoms with Crippen LogP contribution in [0, 0.1) is 0 Å². The first-order chi connectivity index (χ1) is 9.13. The Bertz CT molecular complexity index is 582. The fraction of sp³-hybridized carbons (Fsp3) is 0.364. The van der Waals surface area contributed by atoms with Crippen LogP contribution in [0.15, 0.2) is 12.4 Å². The van der Waals surface area contributed by atoms with Crippen molar-refractivity contribution < 1.29 is 14.3 Å². The highest BCUT2D eigenvalue weighted by Crippen LogP contribution is 2.32. The van der Waals surface area contributed by atoms with Crippen molar-refractivity contribution in [2.75, 3.05) is 7.11 Å². The summed E-state index contributed by atoms with van der Waals surface area (Å²) in [5.41, 5.74) is 0. The van der Waals surface area contributed by atoms with Gasteiger partial charge in [-0.2, -0.15) is 10.1 Å². The van der Waals surface area contributed by atoms with Crippen LogP contribution < -0.4 is 4.74 Å². The van der Waals surface area contributed by atoms with Crippen molar-refractivity contribution in [2.24, 2.45) is 0 Å². The molecule has 0 atom stereocenters. The fourth-order valence-electron chi connectivity index (χ4n) is 1.39. The van der Waals surface area contributed by atoms with Crippen LogP contribution in [0.1, 0.15) is 23.0 Å². The lowest BCUT2D eigenvalue weighted by atomic mass is 10.5. The molecular weight excluding hydrogens is 290 g/mol. The number of hydrogen-bond donors (Lipinski definition) is 0. The van der Waals surface area contributed by atoms with Gasteiger partial charge in [0.15, 0.2) is 15.8 Å². The Morgan fingerprint density at radius 2 is 2.37 bits per heavy atom. The molecule has 0 fully saturated rings. The van der Waals surface area contributed by atoms with Crippen LogP contribution in [-0.2, 0) is 11.3 Å². The van der Waals surface area contributed by atoms with Crippen LogP contribution in [0.4, 0.5) is 0 Å². The van der Waals surface area contributed by atoms with Gasteiger partial charge in [-0.1, -0.05) is 29.9 Å². The van der Waals surface area contributed by atoms with Gasteiger partial charge in [0.05, 0.1) is 19.5 Å². The Labute approximate surface area is 118 Å². The molecule has 0 N–H and O–H groups in total. The van der Waals surface area contributed by atoms with Crippen LogP contribution in [0.25, 0.3) is 0 Å². The number of thiazole rings is 1. The van der Waals surface area contributed by atoms with Gasteiger partial charge < -0.3 is 9.47 Å². The molecule has 2 aromatic rings. The lowest BCUT2D eigenvalue weighted by molar-refractivity contribution is 0.0606. The summed E-state index contributed by atoms with van der Waals surface area (Å²) in [4.78, 5) is 15.6. The normalized spacial score (nSPS) is 10.5. The van der Waals surface area contributed by atoms with Crippen LogP contribution in [0.2, 0.25) is 5.15 Å². The number of halogens is 1. The Morgan fingerprint density at radius 1 is 1.58 bits per heavy atom. The summed E-state index contributed by atoms with van der Waals surface area (Å²) in [5.74, 6) is 0.0225. The van der Waals surface area contributed by atoms with E-state index in [4.69, 9.17) is 16.3 Å². The minimum Gasteiger partial charge on any atom is -0.465 e. The summed E-state index contributed by atoms with van der Waals surface area (Å²) in [5, 5.41) is 4.48. The summed E-state index contributed by atoms with van der Waals surface area (Å²) in [7, 11) is 1.29. The molecule has 6 nitrogen and oxygen atoms in total. The number of methoxy groups -OCH3 is 1. The Hall–Kier alpha value is -1.60. The molecule has 0 bridgehead atoms. The van der Waals surface area contributed by atoms with E-state index in [2.05, 4.69) is 21.7 Å². The van der Waals surface area contributed by atoms with E-state index in [9.17, 15) is 4.79 Å². The summed E-state index contributed by atoms with van der Waals surface area (Å²) >= 11 is 6.87. The molecule has 0 radical (unpaired) electrons. The highest BCUT2D eigenvalue weighted by Gasteiger charge is 2.18. The maximum absolute atomic E-state index is 11.4. The molecule has 0 unspecified atom stereocenters. The average molecular weight is 302 g/mol. The van der Waals surface area contributed by atoms with Crippen molar-refractivity contribution in [1.82, 2.24) is 14.8 Å². The van der Waals surface area contributed by atoms with E-state index in [-0.39, 0.29) is 15.2 Å². The van der Waals surface area contributed by atoms with Crippen LogP contribution >= 0.6 is 22.9 Å². The van der Waals surface area contributed by atoms with Gasteiger partial charge in [-0.15, -0.1) is 0 Å². The molecule has 102 valence electrons. The Balaban J connectivity index is 2.12. The smallest absolute Gasteiger partial charge is 0.351 e. The molecule has 0 spiro atoms. The van der Waals surface area contributed by atoms with E-state index in [0.717, 1.165) is 24.3 Å². The highest BCUT2D eigenvalue weighted by atomic mass is 35.5. The Morgan fingerprint density at radius 3 is 3.05 bits per heavy atom. The number of hydrogen-bond acceptors (Lipinski definition) is 6. The second-order valence-electron chi connectivity index (χ2n) is 3.63. The summed E-state index contributed by atoms with van der Waals surface area (Å²) in [6.07, 6.45) is 4.33. The lowest BCUT2D eigenvalue weighted by Gasteiger charge is -1.96. The molecule has 8 heteroatoms. The van der Waals surface area contributed by atoms with Crippen molar-refractivity contribution >= 4 is 28.9 Å². The number of nitrogens with zero attached hydrogens (tertiary/aromatic N) is 3. The lowest BCUT2D eigenvalue weighted by Crippen LogP contribution is -1.98. The second kappa shape index (κ2) is 6.03. The summed E-state index contributed by atoms with van der Waals surface area (Å²) < 4.78 is 11.9. The van der Waals surface area contributed by atoms with E-state index < -0.39 is 5.97 Å². The zero-order valence-corrected chi connectivity index (χ0v) is 12.0. The van der Waals surface area contributed by atoms with Gasteiger partial charge in [0.2, 0.25) is 0 Å². The number of aromatic nitrogens is 3. The molecule has 0 aliphatic rings. The highest BCUT2D eigenvalue weighted by molar-refractivity contribution is 7.15. The van der Waals surface area contributed by atoms with Gasteiger partial charge in [-0.05, 0) is 6.42 Å². The van der Waals surface area contributed by atoms with Gasteiger partial charge in [0, 0.05) is 6.54 Å². The van der Waals surface area contributed by atoms with E-state index in [1.165, 1.54) is 7.11 Å². The SMILES string of the molecule is CCCn1cc(Oc2nc(Cl)c(C(=O)OC)s2)cn1. The standard InChI is InChI=1S/C11H12ClN3O3S/c1-3-4-15-6-7(5-13-15)18-11-14-9(12)8(19-11)10(16)17-2/h5-6H,3-4H2,1-2H3. The number of aryl methyl sites for hydroxylation is 1. The maximum atomic E-state index is 11.4. The zero-order valence-electron chi connectivity index (χ0n) is 10.4. The van der Waals surface area contributed by atoms with E-state index in [0.29, 0.717) is 5.75 Å². The third-order valence-corrected chi connectivity index (χ3v) is 3.50. The Kier molecular flexibility index (Phi) is 4.39. The third kappa shape index (κ3) is 3.24. The number of carbonyl (C=O) groups excluding carboxylic acids is 1. The van der Waals surface area contributed by atoms with Crippen molar-refractivity contribution in [2.45, 2.75) is 19.9 Å². The number of ether oxygens (including phenoxy) is 2. The fourth-order valence-corrected chi connectivity index (χ4v) is 2.46. The predicted molar refractivity (Wildman–Crippen MR) is 71.1 cm³/mol. The van der Waals surface area contributed by atoms with Gasteiger partial charge in [-0.3, -0.25) is 4.68 Å². The largest absolute Gasteiger partial charge is 0.465 e. The molecule has 0 aromatic carbocycles. The maximum Gasteiger partial charge on any atom is 0.351 e. The molecule has 0 aliphatic carbocycles. The minimum absolute atomic E-state index is 0.0767. The van der Waals surface area contributed by atoms with Crippen molar-refractivity contribution in [1.29, 1.82) is 0 Å². The van der Waals surface area contributed by atoms with Crippen LogP contribution in [0.5, 0.6) is 10.9 Å². The third-order valence-electron chi connectivity index (χ3n) is 2.20. The van der Waals surface area contributed by atoms with Gasteiger partial charge >= 0.3 is 5.97 Å². The molecule has 2 rings (SSSR count). The molecule has 19 heavy (non-hydrogen) atoms. The zero-order chi connectivity index (χ0) is 13.8. The monoisotopic (exact) mass is 301 g/mol. The quantitative estimate of drug-likeness (QED) is 0.794. The second-order valence-corrected chi connectivity index (χ2v) is 4.95. The van der Waals surface area contributed by atoms with Gasteiger partial charge in [0.25, 0.3) is 5.19 Å². The predicted octanol–water partition coefficient (Wildman–Crippen LogP) is 2.98. The van der Waals surface area contributed by atoms with Crippen molar-refractivity contribution in [3.63, 3.8) is 0 Å². The van der Waals surface area contributed by atoms with E-state index in [1.807, 2.05) is 0 Å². The first-order valence-electron chi connectivity index (χ1n) is 5.59. The molecule has 0 amide bonds. The van der Waals surface area contributed by atoms with E-state index in [1.54, 1.807) is 17.1 Å². The first kappa shape index (κ1) is 13.8. The van der Waals surface area contributed by atoms with Gasteiger partial charge in [0.1, 0.15) is 0 Å². The molecule has 0 aliphatic heterocycles. The topological polar surface area (TPSA) is 66.2 Å². The molecule has 0 saturated heterocycles. The van der Waals surface area contributed by atoms with Crippen molar-refractivity contribution in [3.05, 3.63) is 22.4 Å². The molecule has 2 aromatic heterocycles. The number of esters is 1. The van der Waals surface area contributed by atoms with Crippen LogP contribution in [-0.4, -0.2) is 27.8 Å². The number of rotatable bonds is 5. The average Bonchev–Trinajstić information content (AvgIpc) is 2.96. The minimum atomic E-state index is -0.529. The first-order valence-corrected chi connectivity index (χ1v) is 6.78. The molecule has 0 saturated carbocycles. The molecular formula is C11H12ClN3O3S. The van der Waals surface area contributed by atoms with Gasteiger partial charge in [-0.25, -0.2) is 4.79 Å². The number of carbonyl (C=O) groups is 1. The summed E-state index contributed by atoms with van der Waals surface area (Å²) in [6.45, 7) is 2.88. The van der Waals surface area contributed by atoms with E-state index >= 15 is 0 Å². The van der Waals surface area contributed by atoms with Crippen LogP contribution in [0.3, 0.4) is 0 Å². The summed E-state index contributed by atoms with van der Waals surface area (Å²) in [6, 6.07) is 0.